The summed E-state index contributed by atoms with van der Waals surface area (Å²) in [4.78, 5) is 0. The lowest BCUT2D eigenvalue weighted by Crippen LogP contribution is -2.18. The molecule has 98 valence electrons. The molecule has 6 heteroatoms. The van der Waals surface area contributed by atoms with Crippen LogP contribution in [-0.2, 0) is 6.54 Å². The first-order chi connectivity index (χ1) is 8.33. The maximum atomic E-state index is 12.5. The van der Waals surface area contributed by atoms with E-state index in [2.05, 4.69) is 0 Å². The van der Waals surface area contributed by atoms with E-state index in [1.54, 1.807) is 25.1 Å². The molecular weight excluding hydrogens is 245 g/mol. The molecule has 2 rings (SSSR count). The van der Waals surface area contributed by atoms with Gasteiger partial charge in [-0.3, -0.25) is 0 Å². The first-order valence-electron chi connectivity index (χ1n) is 5.32. The van der Waals surface area contributed by atoms with Crippen LogP contribution in [0, 0.1) is 6.92 Å². The van der Waals surface area contributed by atoms with Gasteiger partial charge in [0.2, 0.25) is 0 Å². The minimum Gasteiger partial charge on any atom is -0.495 e. The summed E-state index contributed by atoms with van der Waals surface area (Å²) in [5.74, 6) is 0.464. The molecule has 0 spiro atoms. The maximum Gasteiger partial charge on any atom is 0.406 e. The number of nitrogen functional groups attached to an aromatic ring is 1. The monoisotopic (exact) mass is 258 g/mol. The number of halogens is 3. The standard InChI is InChI=1S/C12H13F3N2O/c1-7-5-8-9(17(7)6-12(13,14)15)3-4-10(18-2)11(8)16/h3-5H,6,16H2,1-2H3. The lowest BCUT2D eigenvalue weighted by atomic mass is 10.2. The largest absolute Gasteiger partial charge is 0.495 e. The number of anilines is 1. The van der Waals surface area contributed by atoms with Gasteiger partial charge in [0.05, 0.1) is 18.3 Å². The summed E-state index contributed by atoms with van der Waals surface area (Å²) < 4.78 is 43.7. The van der Waals surface area contributed by atoms with Gasteiger partial charge in [0.15, 0.2) is 0 Å². The second-order valence-electron chi connectivity index (χ2n) is 4.10. The van der Waals surface area contributed by atoms with E-state index in [1.807, 2.05) is 0 Å². The van der Waals surface area contributed by atoms with Crippen molar-refractivity contribution in [1.82, 2.24) is 4.57 Å². The second-order valence-corrected chi connectivity index (χ2v) is 4.10. The van der Waals surface area contributed by atoms with Crippen molar-refractivity contribution in [3.63, 3.8) is 0 Å². The molecule has 2 aromatic rings. The fourth-order valence-electron chi connectivity index (χ4n) is 2.04. The van der Waals surface area contributed by atoms with Crippen LogP contribution in [0.2, 0.25) is 0 Å². The fourth-order valence-corrected chi connectivity index (χ4v) is 2.04. The van der Waals surface area contributed by atoms with Gasteiger partial charge in [-0.2, -0.15) is 13.2 Å². The number of hydrogen-bond donors (Lipinski definition) is 1. The highest BCUT2D eigenvalue weighted by atomic mass is 19.4. The number of aromatic nitrogens is 1. The van der Waals surface area contributed by atoms with E-state index in [0.717, 1.165) is 0 Å². The average Bonchev–Trinajstić information content (AvgIpc) is 2.56. The Bertz CT molecular complexity index is 587. The van der Waals surface area contributed by atoms with Crippen LogP contribution in [0.4, 0.5) is 18.9 Å². The summed E-state index contributed by atoms with van der Waals surface area (Å²) >= 11 is 0. The molecule has 0 saturated heterocycles. The molecular formula is C12H13F3N2O. The van der Waals surface area contributed by atoms with Gasteiger partial charge in [0, 0.05) is 11.1 Å². The van der Waals surface area contributed by atoms with E-state index in [4.69, 9.17) is 10.5 Å². The van der Waals surface area contributed by atoms with Crippen LogP contribution in [0.15, 0.2) is 18.2 Å². The van der Waals surface area contributed by atoms with Crippen LogP contribution < -0.4 is 10.5 Å². The van der Waals surface area contributed by atoms with Gasteiger partial charge in [-0.05, 0) is 25.1 Å². The summed E-state index contributed by atoms with van der Waals surface area (Å²) in [6, 6.07) is 4.80. The first kappa shape index (κ1) is 12.6. The number of hydrogen-bond acceptors (Lipinski definition) is 2. The van der Waals surface area contributed by atoms with Crippen molar-refractivity contribution in [2.45, 2.75) is 19.6 Å². The summed E-state index contributed by atoms with van der Waals surface area (Å²) in [6.45, 7) is 0.603. The lowest BCUT2D eigenvalue weighted by Gasteiger charge is -2.12. The number of nitrogens with two attached hydrogens (primary N) is 1. The number of ether oxygens (including phenoxy) is 1. The average molecular weight is 258 g/mol. The summed E-state index contributed by atoms with van der Waals surface area (Å²) in [5.41, 5.74) is 7.19. The van der Waals surface area contributed by atoms with E-state index >= 15 is 0 Å². The Balaban J connectivity index is 2.62. The zero-order valence-corrected chi connectivity index (χ0v) is 10.0. The number of benzene rings is 1. The molecule has 0 aliphatic carbocycles. The van der Waals surface area contributed by atoms with Gasteiger partial charge in [-0.1, -0.05) is 0 Å². The topological polar surface area (TPSA) is 40.2 Å². The Kier molecular flexibility index (Phi) is 2.88. The van der Waals surface area contributed by atoms with Gasteiger partial charge in [0.25, 0.3) is 0 Å². The quantitative estimate of drug-likeness (QED) is 0.841. The van der Waals surface area contributed by atoms with Gasteiger partial charge < -0.3 is 15.0 Å². The summed E-state index contributed by atoms with van der Waals surface area (Å²) in [6.07, 6.45) is -4.26. The molecule has 1 aromatic carbocycles. The van der Waals surface area contributed by atoms with Crippen LogP contribution in [0.25, 0.3) is 10.9 Å². The molecule has 0 amide bonds. The van der Waals surface area contributed by atoms with E-state index in [0.29, 0.717) is 28.0 Å². The van der Waals surface area contributed by atoms with Crippen molar-refractivity contribution in [2.75, 3.05) is 12.8 Å². The van der Waals surface area contributed by atoms with Crippen LogP contribution in [0.5, 0.6) is 5.75 Å². The molecule has 0 atom stereocenters. The number of alkyl halides is 3. The Morgan fingerprint density at radius 1 is 1.33 bits per heavy atom. The van der Waals surface area contributed by atoms with Crippen LogP contribution in [-0.4, -0.2) is 17.9 Å². The molecule has 0 unspecified atom stereocenters. The van der Waals surface area contributed by atoms with Crippen molar-refractivity contribution in [1.29, 1.82) is 0 Å². The first-order valence-corrected chi connectivity index (χ1v) is 5.32. The Labute approximate surface area is 102 Å². The lowest BCUT2D eigenvalue weighted by molar-refractivity contribution is -0.140. The molecule has 3 nitrogen and oxygen atoms in total. The zero-order valence-electron chi connectivity index (χ0n) is 10.0. The van der Waals surface area contributed by atoms with E-state index in [1.165, 1.54) is 11.7 Å². The molecule has 18 heavy (non-hydrogen) atoms. The molecule has 1 aromatic heterocycles. The number of rotatable bonds is 2. The van der Waals surface area contributed by atoms with Gasteiger partial charge in [-0.25, -0.2) is 0 Å². The molecule has 1 heterocycles. The highest BCUT2D eigenvalue weighted by molar-refractivity contribution is 5.95. The summed E-state index contributed by atoms with van der Waals surface area (Å²) in [5, 5.41) is 0.580. The molecule has 2 N–H and O–H groups in total. The minimum atomic E-state index is -4.26. The normalized spacial score (nSPS) is 12.1. The van der Waals surface area contributed by atoms with Crippen LogP contribution >= 0.6 is 0 Å². The predicted molar refractivity (Wildman–Crippen MR) is 63.7 cm³/mol. The van der Waals surface area contributed by atoms with Gasteiger partial charge in [0.1, 0.15) is 12.3 Å². The molecule has 0 bridgehead atoms. The van der Waals surface area contributed by atoms with Crippen LogP contribution in [0.3, 0.4) is 0 Å². The third-order valence-corrected chi connectivity index (χ3v) is 2.85. The predicted octanol–water partition coefficient (Wildman–Crippen LogP) is 3.10. The zero-order chi connectivity index (χ0) is 13.5. The van der Waals surface area contributed by atoms with E-state index < -0.39 is 12.7 Å². The fraction of sp³-hybridized carbons (Fsp3) is 0.333. The van der Waals surface area contributed by atoms with Crippen molar-refractivity contribution >= 4 is 16.6 Å². The third kappa shape index (κ3) is 2.10. The molecule has 0 radical (unpaired) electrons. The third-order valence-electron chi connectivity index (χ3n) is 2.85. The van der Waals surface area contributed by atoms with Crippen LogP contribution in [0.1, 0.15) is 5.69 Å². The van der Waals surface area contributed by atoms with Gasteiger partial charge >= 0.3 is 6.18 Å². The Morgan fingerprint density at radius 2 is 2.00 bits per heavy atom. The number of nitrogens with zero attached hydrogens (tertiary/aromatic N) is 1. The Morgan fingerprint density at radius 3 is 2.56 bits per heavy atom. The molecule has 0 fully saturated rings. The number of methoxy groups -OCH3 is 1. The van der Waals surface area contributed by atoms with E-state index in [-0.39, 0.29) is 0 Å². The molecule has 0 aliphatic heterocycles. The Hall–Kier alpha value is -1.85. The number of aryl methyl sites for hydroxylation is 1. The van der Waals surface area contributed by atoms with Crippen molar-refractivity contribution in [2.24, 2.45) is 0 Å². The van der Waals surface area contributed by atoms with Crippen molar-refractivity contribution < 1.29 is 17.9 Å². The smallest absolute Gasteiger partial charge is 0.406 e. The van der Waals surface area contributed by atoms with E-state index in [9.17, 15) is 13.2 Å². The highest BCUT2D eigenvalue weighted by Crippen LogP contribution is 2.33. The number of fused-ring (bicyclic) bond motifs is 1. The minimum absolute atomic E-state index is 0.360. The molecule has 0 saturated carbocycles. The van der Waals surface area contributed by atoms with Gasteiger partial charge in [-0.15, -0.1) is 0 Å². The highest BCUT2D eigenvalue weighted by Gasteiger charge is 2.29. The summed E-state index contributed by atoms with van der Waals surface area (Å²) in [7, 11) is 1.47. The van der Waals surface area contributed by atoms with Crippen molar-refractivity contribution in [3.8, 4) is 5.75 Å². The molecule has 0 aliphatic rings. The SMILES string of the molecule is COc1ccc2c(cc(C)n2CC(F)(F)F)c1N. The van der Waals surface area contributed by atoms with Crippen molar-refractivity contribution in [3.05, 3.63) is 23.9 Å². The maximum absolute atomic E-state index is 12.5. The second kappa shape index (κ2) is 4.12.